The lowest BCUT2D eigenvalue weighted by atomic mass is 9.97. The van der Waals surface area contributed by atoms with E-state index in [9.17, 15) is 9.59 Å². The standard InChI is InChI=1S/C28H27ClN4O2/c29-23-13-5-4-11-21(23)17-30-27(34)22-12-8-16-32(19-22)26-28(35)33(18-20-9-2-1-3-10-20)25-15-7-6-14-24(25)31-26/h1-7,9-11,13-15,22H,8,12,16-19H2,(H,30,34)/t22-/m1/s1. The zero-order valence-electron chi connectivity index (χ0n) is 19.4. The Bertz CT molecular complexity index is 1400. The minimum atomic E-state index is -0.221. The summed E-state index contributed by atoms with van der Waals surface area (Å²) >= 11 is 6.23. The molecule has 7 heteroatoms. The number of carbonyl (C=O) groups is 1. The molecule has 178 valence electrons. The van der Waals surface area contributed by atoms with Gasteiger partial charge in [-0.2, -0.15) is 0 Å². The second-order valence-electron chi connectivity index (χ2n) is 8.90. The van der Waals surface area contributed by atoms with E-state index in [1.165, 1.54) is 0 Å². The number of nitrogens with one attached hydrogen (secondary N) is 1. The van der Waals surface area contributed by atoms with Crippen LogP contribution in [0.25, 0.3) is 11.0 Å². The number of carbonyl (C=O) groups excluding carboxylic acids is 1. The molecule has 1 aliphatic rings. The molecule has 1 amide bonds. The fraction of sp³-hybridized carbons (Fsp3) is 0.250. The molecule has 2 heterocycles. The van der Waals surface area contributed by atoms with Gasteiger partial charge in [0.15, 0.2) is 5.82 Å². The van der Waals surface area contributed by atoms with E-state index in [2.05, 4.69) is 5.32 Å². The van der Waals surface area contributed by atoms with E-state index in [0.29, 0.717) is 37.0 Å². The van der Waals surface area contributed by atoms with Crippen molar-refractivity contribution >= 4 is 34.4 Å². The Balaban J connectivity index is 1.39. The van der Waals surface area contributed by atoms with Crippen LogP contribution in [0.5, 0.6) is 0 Å². The van der Waals surface area contributed by atoms with Crippen molar-refractivity contribution in [1.29, 1.82) is 0 Å². The zero-order chi connectivity index (χ0) is 24.2. The third-order valence-corrected chi connectivity index (χ3v) is 6.89. The normalized spacial score (nSPS) is 15.8. The number of amides is 1. The van der Waals surface area contributed by atoms with Crippen LogP contribution in [0.2, 0.25) is 5.02 Å². The molecule has 3 aromatic carbocycles. The Hall–Kier alpha value is -3.64. The van der Waals surface area contributed by atoms with Crippen LogP contribution in [0.15, 0.2) is 83.7 Å². The Labute approximate surface area is 209 Å². The summed E-state index contributed by atoms with van der Waals surface area (Å²) in [7, 11) is 0. The summed E-state index contributed by atoms with van der Waals surface area (Å²) in [6, 6.07) is 25.1. The monoisotopic (exact) mass is 486 g/mol. The van der Waals surface area contributed by atoms with Crippen LogP contribution < -0.4 is 15.8 Å². The number of halogens is 1. The van der Waals surface area contributed by atoms with Crippen molar-refractivity contribution < 1.29 is 4.79 Å². The van der Waals surface area contributed by atoms with Gasteiger partial charge >= 0.3 is 0 Å². The van der Waals surface area contributed by atoms with Crippen molar-refractivity contribution in [2.24, 2.45) is 5.92 Å². The molecule has 35 heavy (non-hydrogen) atoms. The van der Waals surface area contributed by atoms with Crippen LogP contribution in [-0.4, -0.2) is 28.5 Å². The summed E-state index contributed by atoms with van der Waals surface area (Å²) < 4.78 is 1.79. The lowest BCUT2D eigenvalue weighted by Crippen LogP contribution is -2.45. The summed E-state index contributed by atoms with van der Waals surface area (Å²) in [4.78, 5) is 33.4. The topological polar surface area (TPSA) is 67.2 Å². The average molecular weight is 487 g/mol. The fourth-order valence-corrected chi connectivity index (χ4v) is 4.86. The first-order valence-electron chi connectivity index (χ1n) is 11.9. The van der Waals surface area contributed by atoms with Crippen molar-refractivity contribution in [3.05, 3.63) is 105 Å². The van der Waals surface area contributed by atoms with Crippen LogP contribution in [0, 0.1) is 5.92 Å². The number of rotatable bonds is 6. The van der Waals surface area contributed by atoms with Crippen LogP contribution in [0.4, 0.5) is 5.82 Å². The first kappa shape index (κ1) is 23.1. The number of benzene rings is 3. The number of para-hydroxylation sites is 2. The van der Waals surface area contributed by atoms with Gasteiger partial charge in [0.2, 0.25) is 5.91 Å². The molecule has 0 aliphatic carbocycles. The summed E-state index contributed by atoms with van der Waals surface area (Å²) in [6.45, 7) is 2.00. The van der Waals surface area contributed by atoms with E-state index in [1.54, 1.807) is 4.57 Å². The van der Waals surface area contributed by atoms with Gasteiger partial charge in [-0.25, -0.2) is 4.98 Å². The first-order chi connectivity index (χ1) is 17.1. The van der Waals surface area contributed by atoms with Crippen LogP contribution >= 0.6 is 11.6 Å². The van der Waals surface area contributed by atoms with Gasteiger partial charge in [0.1, 0.15) is 0 Å². The molecule has 1 saturated heterocycles. The van der Waals surface area contributed by atoms with E-state index >= 15 is 0 Å². The molecule has 1 atom stereocenters. The number of hydrogen-bond acceptors (Lipinski definition) is 4. The van der Waals surface area contributed by atoms with Crippen molar-refractivity contribution in [2.75, 3.05) is 18.0 Å². The van der Waals surface area contributed by atoms with Gasteiger partial charge in [0.05, 0.1) is 23.5 Å². The number of hydrogen-bond donors (Lipinski definition) is 1. The Morgan fingerprint density at radius 1 is 1.00 bits per heavy atom. The number of nitrogens with zero attached hydrogens (tertiary/aromatic N) is 3. The van der Waals surface area contributed by atoms with Crippen molar-refractivity contribution in [2.45, 2.75) is 25.9 Å². The highest BCUT2D eigenvalue weighted by molar-refractivity contribution is 6.31. The maximum Gasteiger partial charge on any atom is 0.294 e. The molecule has 0 bridgehead atoms. The number of fused-ring (bicyclic) bond motifs is 1. The highest BCUT2D eigenvalue weighted by atomic mass is 35.5. The maximum atomic E-state index is 13.7. The Kier molecular flexibility index (Phi) is 6.82. The molecule has 0 spiro atoms. The quantitative estimate of drug-likeness (QED) is 0.431. The lowest BCUT2D eigenvalue weighted by Gasteiger charge is -2.33. The second-order valence-corrected chi connectivity index (χ2v) is 9.30. The second kappa shape index (κ2) is 10.3. The van der Waals surface area contributed by atoms with Crippen molar-refractivity contribution in [3.63, 3.8) is 0 Å². The summed E-state index contributed by atoms with van der Waals surface area (Å²) in [5.74, 6) is 0.157. The molecule has 5 rings (SSSR count). The molecular formula is C28H27ClN4O2. The fourth-order valence-electron chi connectivity index (χ4n) is 4.66. The molecule has 6 nitrogen and oxygen atoms in total. The highest BCUT2D eigenvalue weighted by Crippen LogP contribution is 2.23. The molecule has 0 unspecified atom stereocenters. The highest BCUT2D eigenvalue weighted by Gasteiger charge is 2.28. The third kappa shape index (κ3) is 5.08. The largest absolute Gasteiger partial charge is 0.352 e. The molecule has 1 N–H and O–H groups in total. The van der Waals surface area contributed by atoms with Gasteiger partial charge in [-0.3, -0.25) is 14.2 Å². The zero-order valence-corrected chi connectivity index (χ0v) is 20.1. The predicted octanol–water partition coefficient (Wildman–Crippen LogP) is 4.63. The van der Waals surface area contributed by atoms with Crippen LogP contribution in [0.3, 0.4) is 0 Å². The molecule has 1 aromatic heterocycles. The minimum Gasteiger partial charge on any atom is -0.352 e. The smallest absolute Gasteiger partial charge is 0.294 e. The van der Waals surface area contributed by atoms with E-state index < -0.39 is 0 Å². The molecule has 0 saturated carbocycles. The maximum absolute atomic E-state index is 13.7. The van der Waals surface area contributed by atoms with Gasteiger partial charge in [-0.1, -0.05) is 72.3 Å². The van der Waals surface area contributed by atoms with E-state index in [4.69, 9.17) is 16.6 Å². The van der Waals surface area contributed by atoms with E-state index in [-0.39, 0.29) is 17.4 Å². The van der Waals surface area contributed by atoms with Crippen LogP contribution in [0.1, 0.15) is 24.0 Å². The molecule has 1 fully saturated rings. The Morgan fingerprint density at radius 3 is 2.57 bits per heavy atom. The van der Waals surface area contributed by atoms with Gasteiger partial charge < -0.3 is 10.2 Å². The number of anilines is 1. The lowest BCUT2D eigenvalue weighted by molar-refractivity contribution is -0.125. The van der Waals surface area contributed by atoms with Crippen molar-refractivity contribution in [3.8, 4) is 0 Å². The summed E-state index contributed by atoms with van der Waals surface area (Å²) in [5.41, 5.74) is 3.37. The summed E-state index contributed by atoms with van der Waals surface area (Å²) in [5, 5.41) is 3.65. The minimum absolute atomic E-state index is 0.0278. The van der Waals surface area contributed by atoms with Crippen LogP contribution in [-0.2, 0) is 17.9 Å². The van der Waals surface area contributed by atoms with Gasteiger partial charge in [-0.15, -0.1) is 0 Å². The molecule has 0 radical (unpaired) electrons. The SMILES string of the molecule is O=C(NCc1ccccc1Cl)[C@@H]1CCCN(c2nc3ccccc3n(Cc3ccccc3)c2=O)C1. The van der Waals surface area contributed by atoms with Gasteiger partial charge in [0, 0.05) is 24.7 Å². The van der Waals surface area contributed by atoms with Gasteiger partial charge in [-0.05, 0) is 42.2 Å². The average Bonchev–Trinajstić information content (AvgIpc) is 2.90. The molecule has 4 aromatic rings. The Morgan fingerprint density at radius 2 is 1.74 bits per heavy atom. The van der Waals surface area contributed by atoms with E-state index in [0.717, 1.165) is 35.0 Å². The summed E-state index contributed by atoms with van der Waals surface area (Å²) in [6.07, 6.45) is 1.59. The number of piperidine rings is 1. The predicted molar refractivity (Wildman–Crippen MR) is 140 cm³/mol. The van der Waals surface area contributed by atoms with Crippen molar-refractivity contribution in [1.82, 2.24) is 14.9 Å². The molecular weight excluding hydrogens is 460 g/mol. The molecule has 1 aliphatic heterocycles. The van der Waals surface area contributed by atoms with Gasteiger partial charge in [0.25, 0.3) is 5.56 Å². The first-order valence-corrected chi connectivity index (χ1v) is 12.3. The number of aromatic nitrogens is 2. The van der Waals surface area contributed by atoms with E-state index in [1.807, 2.05) is 83.8 Å². The third-order valence-electron chi connectivity index (χ3n) is 6.52.